The van der Waals surface area contributed by atoms with Crippen LogP contribution in [-0.4, -0.2) is 77.6 Å². The van der Waals surface area contributed by atoms with Crippen molar-refractivity contribution in [3.63, 3.8) is 0 Å². The first-order valence-corrected chi connectivity index (χ1v) is 15.7. The van der Waals surface area contributed by atoms with E-state index in [0.717, 1.165) is 63.0 Å². The zero-order chi connectivity index (χ0) is 28.4. The summed E-state index contributed by atoms with van der Waals surface area (Å²) in [5.74, 6) is 1.11. The molecule has 0 radical (unpaired) electrons. The van der Waals surface area contributed by atoms with Crippen LogP contribution in [0.3, 0.4) is 0 Å². The molecule has 3 atom stereocenters. The van der Waals surface area contributed by atoms with Gasteiger partial charge in [0.2, 0.25) is 5.91 Å². The lowest BCUT2D eigenvalue weighted by atomic mass is 9.63. The Hall–Kier alpha value is -3.18. The van der Waals surface area contributed by atoms with E-state index >= 15 is 0 Å². The van der Waals surface area contributed by atoms with Crippen molar-refractivity contribution in [1.82, 2.24) is 19.8 Å². The maximum absolute atomic E-state index is 12.9. The Morgan fingerprint density at radius 3 is 2.71 bits per heavy atom. The highest BCUT2D eigenvalue weighted by Gasteiger charge is 2.41. The van der Waals surface area contributed by atoms with Gasteiger partial charge in [-0.05, 0) is 87.9 Å². The Bertz CT molecular complexity index is 1310. The molecule has 2 aromatic rings. The van der Waals surface area contributed by atoms with Gasteiger partial charge in [-0.1, -0.05) is 31.2 Å². The Morgan fingerprint density at radius 1 is 1.10 bits per heavy atom. The highest BCUT2D eigenvalue weighted by atomic mass is 16.5. The number of benzene rings is 1. The molecule has 6 rings (SSSR count). The van der Waals surface area contributed by atoms with Gasteiger partial charge in [-0.3, -0.25) is 4.79 Å². The first-order valence-electron chi connectivity index (χ1n) is 15.7. The van der Waals surface area contributed by atoms with Gasteiger partial charge in [0.1, 0.15) is 12.4 Å². The molecule has 8 heteroatoms. The van der Waals surface area contributed by atoms with Crippen molar-refractivity contribution in [2.24, 2.45) is 5.41 Å². The van der Waals surface area contributed by atoms with Gasteiger partial charge in [0.05, 0.1) is 24.2 Å². The van der Waals surface area contributed by atoms with Gasteiger partial charge < -0.3 is 19.4 Å². The third kappa shape index (κ3) is 5.79. The number of anilines is 1. The van der Waals surface area contributed by atoms with E-state index in [0.29, 0.717) is 51.1 Å². The number of carbonyl (C=O) groups excluding carboxylic acids is 1. The summed E-state index contributed by atoms with van der Waals surface area (Å²) in [6, 6.07) is 12.0. The molecular weight excluding hydrogens is 512 g/mol. The molecule has 1 spiro atoms. The summed E-state index contributed by atoms with van der Waals surface area (Å²) in [6.45, 7) is 5.69. The number of piperazine rings is 1. The van der Waals surface area contributed by atoms with Crippen molar-refractivity contribution < 1.29 is 9.53 Å². The number of hydrogen-bond acceptors (Lipinski definition) is 7. The Balaban J connectivity index is 1.29. The highest BCUT2D eigenvalue weighted by Crippen LogP contribution is 2.46. The second kappa shape index (κ2) is 12.0. The normalized spacial score (nSPS) is 26.0. The standard InChI is InChI=1S/C33H44N6O2/c1-3-7-30(40)39-19-18-38(22-26(39)13-16-34)31-28-12-15-33(14-11-24-8-4-5-9-25(24)20-33)21-29(28)35-32(36-31)41-23-27-10-6-17-37(27)2/h4-5,8-9,26-27H,3,6-7,10-15,17-23H2,1-2H3. The van der Waals surface area contributed by atoms with Crippen LogP contribution in [-0.2, 0) is 30.5 Å². The van der Waals surface area contributed by atoms with Gasteiger partial charge in [0.25, 0.3) is 0 Å². The minimum atomic E-state index is -0.125. The molecule has 4 aliphatic rings. The molecule has 0 N–H and O–H groups in total. The quantitative estimate of drug-likeness (QED) is 0.501. The molecule has 2 aliphatic heterocycles. The SMILES string of the molecule is CCCC(=O)N1CCN(c2nc(OCC3CCCN3C)nc3c2CCC2(CCc4ccccc4C2)C3)CC1CC#N. The molecule has 2 fully saturated rings. The minimum Gasteiger partial charge on any atom is -0.462 e. The molecule has 1 aromatic heterocycles. The summed E-state index contributed by atoms with van der Waals surface area (Å²) in [4.78, 5) is 29.6. The number of nitrogens with zero attached hydrogens (tertiary/aromatic N) is 6. The van der Waals surface area contributed by atoms with Gasteiger partial charge in [0, 0.05) is 37.7 Å². The van der Waals surface area contributed by atoms with E-state index in [1.54, 1.807) is 0 Å². The van der Waals surface area contributed by atoms with Crippen molar-refractivity contribution in [2.75, 3.05) is 44.7 Å². The van der Waals surface area contributed by atoms with E-state index in [1.807, 2.05) is 11.8 Å². The summed E-state index contributed by atoms with van der Waals surface area (Å²) in [7, 11) is 2.17. The number of hydrogen-bond donors (Lipinski definition) is 0. The number of likely N-dealkylation sites (N-methyl/N-ethyl adjacent to an activating group) is 1. The van der Waals surface area contributed by atoms with Gasteiger partial charge >= 0.3 is 6.01 Å². The van der Waals surface area contributed by atoms with Crippen LogP contribution in [0, 0.1) is 16.7 Å². The van der Waals surface area contributed by atoms with Crippen molar-refractivity contribution in [1.29, 1.82) is 5.26 Å². The summed E-state index contributed by atoms with van der Waals surface area (Å²) >= 11 is 0. The number of nitriles is 1. The Kier molecular flexibility index (Phi) is 8.16. The zero-order valence-corrected chi connectivity index (χ0v) is 24.8. The lowest BCUT2D eigenvalue weighted by Gasteiger charge is -2.44. The molecule has 8 nitrogen and oxygen atoms in total. The predicted octanol–water partition coefficient (Wildman–Crippen LogP) is 4.34. The zero-order valence-electron chi connectivity index (χ0n) is 24.8. The number of fused-ring (bicyclic) bond motifs is 2. The van der Waals surface area contributed by atoms with Crippen molar-refractivity contribution in [3.8, 4) is 12.1 Å². The first kappa shape index (κ1) is 28.0. The van der Waals surface area contributed by atoms with Crippen LogP contribution in [0.15, 0.2) is 24.3 Å². The topological polar surface area (TPSA) is 85.6 Å². The summed E-state index contributed by atoms with van der Waals surface area (Å²) in [5, 5.41) is 9.59. The minimum absolute atomic E-state index is 0.125. The van der Waals surface area contributed by atoms with Crippen LogP contribution in [0.2, 0.25) is 0 Å². The molecule has 218 valence electrons. The summed E-state index contributed by atoms with van der Waals surface area (Å²) < 4.78 is 6.35. The highest BCUT2D eigenvalue weighted by molar-refractivity contribution is 5.77. The van der Waals surface area contributed by atoms with E-state index in [2.05, 4.69) is 47.2 Å². The largest absolute Gasteiger partial charge is 0.462 e. The molecule has 41 heavy (non-hydrogen) atoms. The van der Waals surface area contributed by atoms with Crippen LogP contribution < -0.4 is 9.64 Å². The monoisotopic (exact) mass is 556 g/mol. The molecule has 0 bridgehead atoms. The van der Waals surface area contributed by atoms with E-state index in [9.17, 15) is 10.1 Å². The van der Waals surface area contributed by atoms with Crippen LogP contribution in [0.25, 0.3) is 0 Å². The van der Waals surface area contributed by atoms with Crippen LogP contribution in [0.1, 0.15) is 74.3 Å². The first-order chi connectivity index (χ1) is 20.0. The number of ether oxygens (including phenoxy) is 1. The lowest BCUT2D eigenvalue weighted by molar-refractivity contribution is -0.133. The number of aryl methyl sites for hydroxylation is 1. The Morgan fingerprint density at radius 2 is 1.93 bits per heavy atom. The molecular formula is C33H44N6O2. The van der Waals surface area contributed by atoms with E-state index in [-0.39, 0.29) is 17.4 Å². The maximum atomic E-state index is 12.9. The summed E-state index contributed by atoms with van der Waals surface area (Å²) in [6.07, 6.45) is 10.5. The molecule has 2 saturated heterocycles. The van der Waals surface area contributed by atoms with Crippen molar-refractivity contribution in [2.45, 2.75) is 89.6 Å². The van der Waals surface area contributed by atoms with E-state index in [4.69, 9.17) is 14.7 Å². The fraction of sp³-hybridized carbons (Fsp3) is 0.636. The molecule has 3 unspecified atom stereocenters. The van der Waals surface area contributed by atoms with Crippen LogP contribution >= 0.6 is 0 Å². The number of rotatable bonds is 7. The Labute approximate surface area is 244 Å². The van der Waals surface area contributed by atoms with Gasteiger partial charge in [0.15, 0.2) is 0 Å². The fourth-order valence-corrected chi connectivity index (χ4v) is 7.66. The third-order valence-corrected chi connectivity index (χ3v) is 10.1. The smallest absolute Gasteiger partial charge is 0.318 e. The van der Waals surface area contributed by atoms with Gasteiger partial charge in [-0.25, -0.2) is 0 Å². The third-order valence-electron chi connectivity index (χ3n) is 10.1. The van der Waals surface area contributed by atoms with E-state index < -0.39 is 0 Å². The number of carbonyl (C=O) groups is 1. The average Bonchev–Trinajstić information content (AvgIpc) is 3.40. The lowest BCUT2D eigenvalue weighted by Crippen LogP contribution is -2.55. The number of aromatic nitrogens is 2. The van der Waals surface area contributed by atoms with Gasteiger partial charge in [-0.2, -0.15) is 15.2 Å². The summed E-state index contributed by atoms with van der Waals surface area (Å²) in [5.41, 5.74) is 5.59. The van der Waals surface area contributed by atoms with E-state index in [1.165, 1.54) is 29.5 Å². The van der Waals surface area contributed by atoms with Gasteiger partial charge in [-0.15, -0.1) is 0 Å². The van der Waals surface area contributed by atoms with Crippen molar-refractivity contribution in [3.05, 3.63) is 46.6 Å². The predicted molar refractivity (Wildman–Crippen MR) is 159 cm³/mol. The second-order valence-corrected chi connectivity index (χ2v) is 12.8. The van der Waals surface area contributed by atoms with Crippen LogP contribution in [0.4, 0.5) is 5.82 Å². The van der Waals surface area contributed by atoms with Crippen LogP contribution in [0.5, 0.6) is 6.01 Å². The van der Waals surface area contributed by atoms with Crippen molar-refractivity contribution >= 4 is 11.7 Å². The molecule has 1 aromatic carbocycles. The molecule has 1 amide bonds. The second-order valence-electron chi connectivity index (χ2n) is 12.8. The molecule has 0 saturated carbocycles. The maximum Gasteiger partial charge on any atom is 0.318 e. The fourth-order valence-electron chi connectivity index (χ4n) is 7.66. The molecule has 2 aliphatic carbocycles. The number of likely N-dealkylation sites (tertiary alicyclic amines) is 1. The molecule has 3 heterocycles. The average molecular weight is 557 g/mol. The number of amides is 1.